The molecule has 4 heteroatoms. The third-order valence-electron chi connectivity index (χ3n) is 4.74. The van der Waals surface area contributed by atoms with Crippen molar-refractivity contribution in [3.63, 3.8) is 0 Å². The predicted molar refractivity (Wildman–Crippen MR) is 99.1 cm³/mol. The molecule has 2 aliphatic rings. The maximum absolute atomic E-state index is 5.14. The smallest absolute Gasteiger partial charge is 0.106 e. The van der Waals surface area contributed by atoms with Crippen molar-refractivity contribution < 1.29 is 4.84 Å². The van der Waals surface area contributed by atoms with Gasteiger partial charge in [-0.15, -0.1) is 0 Å². The molecule has 3 rings (SSSR count). The van der Waals surface area contributed by atoms with Crippen molar-refractivity contribution in [1.82, 2.24) is 0 Å². The van der Waals surface area contributed by atoms with E-state index in [0.717, 1.165) is 16.9 Å². The van der Waals surface area contributed by atoms with Gasteiger partial charge in [0.05, 0.1) is 5.71 Å². The van der Waals surface area contributed by atoms with Crippen LogP contribution >= 0.6 is 34.4 Å². The minimum absolute atomic E-state index is 0.541. The van der Waals surface area contributed by atoms with Crippen LogP contribution in [0.4, 0.5) is 0 Å². The highest BCUT2D eigenvalue weighted by Crippen LogP contribution is 2.53. The van der Waals surface area contributed by atoms with E-state index in [-0.39, 0.29) is 0 Å². The summed E-state index contributed by atoms with van der Waals surface area (Å²) in [7, 11) is 1.67. The summed E-state index contributed by atoms with van der Waals surface area (Å²) in [5.41, 5.74) is 2.73. The molecule has 0 amide bonds. The summed E-state index contributed by atoms with van der Waals surface area (Å²) in [5, 5.41) is 5.95. The van der Waals surface area contributed by atoms with Crippen molar-refractivity contribution in [3.05, 3.63) is 33.4 Å². The van der Waals surface area contributed by atoms with E-state index in [1.54, 1.807) is 7.11 Å². The van der Waals surface area contributed by atoms with Crippen LogP contribution in [-0.4, -0.2) is 23.3 Å². The first-order chi connectivity index (χ1) is 10.2. The minimum atomic E-state index is 0.541. The molecule has 2 fully saturated rings. The van der Waals surface area contributed by atoms with E-state index in [9.17, 15) is 0 Å². The van der Waals surface area contributed by atoms with Crippen molar-refractivity contribution in [2.45, 2.75) is 49.0 Å². The monoisotopic (exact) mass is 415 g/mol. The number of rotatable bonds is 4. The third-order valence-corrected chi connectivity index (χ3v) is 7.16. The number of nitrogens with zero attached hydrogens (tertiary/aromatic N) is 1. The topological polar surface area (TPSA) is 21.6 Å². The Bertz CT molecular complexity index is 516. The Morgan fingerprint density at radius 2 is 2.10 bits per heavy atom. The van der Waals surface area contributed by atoms with Gasteiger partial charge >= 0.3 is 0 Å². The van der Waals surface area contributed by atoms with E-state index in [0.29, 0.717) is 11.8 Å². The SMILES string of the molecule is CCC(=NOC)[C@@H]1C2CCC(CC1c1ccc(I)cc1)S2. The van der Waals surface area contributed by atoms with Crippen molar-refractivity contribution in [1.29, 1.82) is 0 Å². The van der Waals surface area contributed by atoms with E-state index in [4.69, 9.17) is 4.84 Å². The van der Waals surface area contributed by atoms with Crippen molar-refractivity contribution >= 4 is 40.1 Å². The Labute approximate surface area is 145 Å². The van der Waals surface area contributed by atoms with Gasteiger partial charge in [0.15, 0.2) is 0 Å². The van der Waals surface area contributed by atoms with Gasteiger partial charge in [0.25, 0.3) is 0 Å². The highest BCUT2D eigenvalue weighted by Gasteiger charge is 2.45. The van der Waals surface area contributed by atoms with Crippen LogP contribution in [-0.2, 0) is 4.84 Å². The van der Waals surface area contributed by atoms with Crippen LogP contribution < -0.4 is 0 Å². The van der Waals surface area contributed by atoms with E-state index >= 15 is 0 Å². The molecule has 0 radical (unpaired) electrons. The van der Waals surface area contributed by atoms with Crippen molar-refractivity contribution in [2.24, 2.45) is 11.1 Å². The Hall–Kier alpha value is -0.230. The zero-order valence-electron chi connectivity index (χ0n) is 12.6. The lowest BCUT2D eigenvalue weighted by molar-refractivity contribution is 0.209. The van der Waals surface area contributed by atoms with Gasteiger partial charge in [-0.2, -0.15) is 11.8 Å². The van der Waals surface area contributed by atoms with E-state index in [1.165, 1.54) is 34.1 Å². The average molecular weight is 415 g/mol. The molecule has 0 saturated carbocycles. The molecular weight excluding hydrogens is 393 g/mol. The summed E-state index contributed by atoms with van der Waals surface area (Å²) >= 11 is 4.57. The molecule has 0 spiro atoms. The summed E-state index contributed by atoms with van der Waals surface area (Å²) < 4.78 is 1.31. The highest BCUT2D eigenvalue weighted by molar-refractivity contribution is 14.1. The molecule has 1 aromatic carbocycles. The lowest BCUT2D eigenvalue weighted by atomic mass is 9.78. The molecular formula is C17H22INOS. The van der Waals surface area contributed by atoms with Gasteiger partial charge in [0.1, 0.15) is 7.11 Å². The van der Waals surface area contributed by atoms with Gasteiger partial charge in [-0.1, -0.05) is 24.2 Å². The van der Waals surface area contributed by atoms with Crippen molar-refractivity contribution in [3.8, 4) is 0 Å². The molecule has 114 valence electrons. The lowest BCUT2D eigenvalue weighted by Gasteiger charge is -2.37. The molecule has 2 aliphatic heterocycles. The first-order valence-corrected chi connectivity index (χ1v) is 9.76. The Morgan fingerprint density at radius 1 is 1.33 bits per heavy atom. The number of hydrogen-bond acceptors (Lipinski definition) is 3. The Kier molecular flexibility index (Phi) is 5.15. The first-order valence-electron chi connectivity index (χ1n) is 7.73. The lowest BCUT2D eigenvalue weighted by Crippen LogP contribution is -2.34. The summed E-state index contributed by atoms with van der Waals surface area (Å²) in [6.45, 7) is 2.20. The van der Waals surface area contributed by atoms with Crippen LogP contribution in [0.5, 0.6) is 0 Å². The van der Waals surface area contributed by atoms with Gasteiger partial charge in [-0.3, -0.25) is 0 Å². The van der Waals surface area contributed by atoms with E-state index in [2.05, 4.69) is 70.7 Å². The second-order valence-corrected chi connectivity index (χ2v) is 8.70. The van der Waals surface area contributed by atoms with Crippen LogP contribution in [0, 0.1) is 9.49 Å². The maximum Gasteiger partial charge on any atom is 0.106 e. The fraction of sp³-hybridized carbons (Fsp3) is 0.588. The van der Waals surface area contributed by atoms with Crippen molar-refractivity contribution in [2.75, 3.05) is 7.11 Å². The van der Waals surface area contributed by atoms with Gasteiger partial charge in [-0.25, -0.2) is 0 Å². The molecule has 0 aromatic heterocycles. The summed E-state index contributed by atoms with van der Waals surface area (Å²) in [4.78, 5) is 5.14. The third kappa shape index (κ3) is 3.26. The molecule has 4 atom stereocenters. The molecule has 3 unspecified atom stereocenters. The highest BCUT2D eigenvalue weighted by atomic mass is 127. The molecule has 1 aromatic rings. The number of oxime groups is 1. The predicted octanol–water partition coefficient (Wildman–Crippen LogP) is 5.07. The largest absolute Gasteiger partial charge is 0.399 e. The summed E-state index contributed by atoms with van der Waals surface area (Å²) in [5.74, 6) is 1.15. The summed E-state index contributed by atoms with van der Waals surface area (Å²) in [6.07, 6.45) is 4.98. The zero-order valence-corrected chi connectivity index (χ0v) is 15.6. The number of benzene rings is 1. The molecule has 21 heavy (non-hydrogen) atoms. The van der Waals surface area contributed by atoms with Crippen LogP contribution in [0.3, 0.4) is 0 Å². The minimum Gasteiger partial charge on any atom is -0.399 e. The Morgan fingerprint density at radius 3 is 2.76 bits per heavy atom. The number of fused-ring (bicyclic) bond motifs is 2. The van der Waals surface area contributed by atoms with E-state index in [1.807, 2.05) is 0 Å². The molecule has 2 bridgehead atoms. The summed E-state index contributed by atoms with van der Waals surface area (Å²) in [6, 6.07) is 9.09. The average Bonchev–Trinajstić information content (AvgIpc) is 2.88. The molecule has 2 heterocycles. The van der Waals surface area contributed by atoms with Gasteiger partial charge < -0.3 is 4.84 Å². The fourth-order valence-electron chi connectivity index (χ4n) is 3.84. The zero-order chi connectivity index (χ0) is 14.8. The van der Waals surface area contributed by atoms with E-state index < -0.39 is 0 Å². The number of thioether (sulfide) groups is 1. The fourth-order valence-corrected chi connectivity index (χ4v) is 6.07. The maximum atomic E-state index is 5.14. The molecule has 0 aliphatic carbocycles. The Balaban J connectivity index is 1.95. The van der Waals surface area contributed by atoms with Gasteiger partial charge in [-0.05, 0) is 71.9 Å². The standard InChI is InChI=1S/C17H22INOS/c1-3-15(19-20-2)17-14(10-13-8-9-16(17)21-13)11-4-6-12(18)7-5-11/h4-7,13-14,16-17H,3,8-10H2,1-2H3/t13?,14?,16?,17-/m1/s1. The second-order valence-electron chi connectivity index (χ2n) is 5.91. The quantitative estimate of drug-likeness (QED) is 0.389. The van der Waals surface area contributed by atoms with Crippen LogP contribution in [0.1, 0.15) is 44.1 Å². The molecule has 0 N–H and O–H groups in total. The van der Waals surface area contributed by atoms with Gasteiger partial charge in [0.2, 0.25) is 0 Å². The van der Waals surface area contributed by atoms with Crippen LogP contribution in [0.15, 0.2) is 29.4 Å². The van der Waals surface area contributed by atoms with Crippen LogP contribution in [0.2, 0.25) is 0 Å². The van der Waals surface area contributed by atoms with Crippen LogP contribution in [0.25, 0.3) is 0 Å². The molecule has 2 nitrogen and oxygen atoms in total. The molecule has 2 saturated heterocycles. The first kappa shape index (κ1) is 15.7. The van der Waals surface area contributed by atoms with Gasteiger partial charge in [0, 0.05) is 20.0 Å². The number of halogens is 1. The normalized spacial score (nSPS) is 32.2. The second kappa shape index (κ2) is 6.90. The number of hydrogen-bond donors (Lipinski definition) is 0.